The van der Waals surface area contributed by atoms with Crippen LogP contribution in [0.5, 0.6) is 0 Å². The first kappa shape index (κ1) is 18.7. The van der Waals surface area contributed by atoms with Gasteiger partial charge >= 0.3 is 0 Å². The lowest BCUT2D eigenvalue weighted by Gasteiger charge is -2.22. The Bertz CT molecular complexity index is 623. The maximum absolute atomic E-state index is 12.2. The Morgan fingerprint density at radius 3 is 2.77 bits per heavy atom. The molecule has 0 unspecified atom stereocenters. The second kappa shape index (κ2) is 8.36. The van der Waals surface area contributed by atoms with E-state index in [4.69, 9.17) is 0 Å². The summed E-state index contributed by atoms with van der Waals surface area (Å²) in [6.45, 7) is 4.83. The van der Waals surface area contributed by atoms with E-state index in [-0.39, 0.29) is 30.7 Å². The third-order valence-electron chi connectivity index (χ3n) is 3.84. The van der Waals surface area contributed by atoms with Crippen LogP contribution in [-0.4, -0.2) is 34.9 Å². The number of halogens is 2. The average molecular weight is 345 g/mol. The third-order valence-corrected chi connectivity index (χ3v) is 3.84. The summed E-state index contributed by atoms with van der Waals surface area (Å²) in [6, 6.07) is 3.71. The van der Waals surface area contributed by atoms with Gasteiger partial charge in [0.05, 0.1) is 11.3 Å². The maximum atomic E-state index is 12.2. The van der Waals surface area contributed by atoms with Gasteiger partial charge < -0.3 is 15.0 Å². The van der Waals surface area contributed by atoms with Crippen molar-refractivity contribution in [2.24, 2.45) is 5.92 Å². The second-order valence-electron chi connectivity index (χ2n) is 5.47. The number of nitrogens with zero attached hydrogens (tertiary/aromatic N) is 2. The summed E-state index contributed by atoms with van der Waals surface area (Å²) in [5, 5.41) is 6.37. The zero-order chi connectivity index (χ0) is 13.9. The highest BCUT2D eigenvalue weighted by molar-refractivity contribution is 5.94. The van der Waals surface area contributed by atoms with Crippen molar-refractivity contribution in [3.8, 4) is 0 Å². The molecule has 0 saturated carbocycles. The average Bonchev–Trinajstić information content (AvgIpc) is 2.85. The molecule has 2 N–H and O–H groups in total. The quantitative estimate of drug-likeness (QED) is 0.897. The fourth-order valence-corrected chi connectivity index (χ4v) is 2.68. The van der Waals surface area contributed by atoms with Gasteiger partial charge in [0.2, 0.25) is 0 Å². The molecule has 0 atom stereocenters. The lowest BCUT2D eigenvalue weighted by atomic mass is 9.98. The van der Waals surface area contributed by atoms with Gasteiger partial charge in [0.25, 0.3) is 5.91 Å². The van der Waals surface area contributed by atoms with Crippen LogP contribution in [-0.2, 0) is 0 Å². The summed E-state index contributed by atoms with van der Waals surface area (Å²) in [6.07, 6.45) is 6.05. The number of pyridine rings is 1. The van der Waals surface area contributed by atoms with E-state index in [9.17, 15) is 4.79 Å². The molecule has 0 radical (unpaired) electrons. The molecule has 0 aliphatic carbocycles. The molecular formula is C15H22Cl2N4O. The van der Waals surface area contributed by atoms with Gasteiger partial charge in [0.15, 0.2) is 0 Å². The van der Waals surface area contributed by atoms with Crippen LogP contribution in [0.2, 0.25) is 0 Å². The topological polar surface area (TPSA) is 58.4 Å². The summed E-state index contributed by atoms with van der Waals surface area (Å²) in [5.41, 5.74) is 2.51. The fraction of sp³-hybridized carbons (Fsp3) is 0.467. The van der Waals surface area contributed by atoms with Crippen molar-refractivity contribution in [1.82, 2.24) is 20.0 Å². The molecule has 2 aromatic rings. The summed E-state index contributed by atoms with van der Waals surface area (Å²) >= 11 is 0. The number of aromatic nitrogens is 2. The largest absolute Gasteiger partial charge is 0.352 e. The van der Waals surface area contributed by atoms with Crippen molar-refractivity contribution in [3.05, 3.63) is 35.8 Å². The van der Waals surface area contributed by atoms with Crippen LogP contribution in [0, 0.1) is 12.8 Å². The van der Waals surface area contributed by atoms with Gasteiger partial charge in [-0.15, -0.1) is 24.8 Å². The number of aryl methyl sites for hydroxylation is 1. The van der Waals surface area contributed by atoms with Gasteiger partial charge in [-0.3, -0.25) is 4.79 Å². The Morgan fingerprint density at radius 1 is 1.32 bits per heavy atom. The van der Waals surface area contributed by atoms with Crippen molar-refractivity contribution in [2.45, 2.75) is 19.8 Å². The molecule has 3 heterocycles. The zero-order valence-corrected chi connectivity index (χ0v) is 14.2. The summed E-state index contributed by atoms with van der Waals surface area (Å²) in [5.74, 6) is 0.594. The molecule has 1 aliphatic heterocycles. The number of carbonyl (C=O) groups excluding carboxylic acids is 1. The number of imidazole rings is 1. The van der Waals surface area contributed by atoms with Crippen molar-refractivity contribution in [3.63, 3.8) is 0 Å². The van der Waals surface area contributed by atoms with Gasteiger partial charge in [-0.1, -0.05) is 0 Å². The number of hydrogen-bond acceptors (Lipinski definition) is 3. The van der Waals surface area contributed by atoms with E-state index in [1.54, 1.807) is 0 Å². The summed E-state index contributed by atoms with van der Waals surface area (Å²) in [7, 11) is 0. The van der Waals surface area contributed by atoms with E-state index in [2.05, 4.69) is 15.6 Å². The molecule has 122 valence electrons. The van der Waals surface area contributed by atoms with Crippen LogP contribution in [0.25, 0.3) is 5.65 Å². The molecule has 1 fully saturated rings. The first-order valence-electron chi connectivity index (χ1n) is 7.16. The Labute approximate surface area is 142 Å². The van der Waals surface area contributed by atoms with Crippen LogP contribution < -0.4 is 10.6 Å². The monoisotopic (exact) mass is 344 g/mol. The van der Waals surface area contributed by atoms with Crippen molar-refractivity contribution < 1.29 is 4.79 Å². The molecule has 1 amide bonds. The van der Waals surface area contributed by atoms with E-state index in [0.29, 0.717) is 11.5 Å². The second-order valence-corrected chi connectivity index (χ2v) is 5.47. The standard InChI is InChI=1S/C15H20N4O.2ClH/c1-11-9-19-10-13(2-3-14(19)18-11)15(20)17-8-12-4-6-16-7-5-12;;/h2-3,9-10,12,16H,4-8H2,1H3,(H,17,20);2*1H. The molecule has 3 rings (SSSR count). The molecule has 1 aliphatic rings. The van der Waals surface area contributed by atoms with Crippen LogP contribution >= 0.6 is 24.8 Å². The molecule has 7 heteroatoms. The Morgan fingerprint density at radius 2 is 2.05 bits per heavy atom. The molecule has 5 nitrogen and oxygen atoms in total. The Hall–Kier alpha value is -1.30. The number of piperidine rings is 1. The highest BCUT2D eigenvalue weighted by Gasteiger charge is 2.14. The number of nitrogens with one attached hydrogen (secondary N) is 2. The number of rotatable bonds is 3. The predicted octanol–water partition coefficient (Wildman–Crippen LogP) is 2.22. The Kier molecular flexibility index (Phi) is 7.13. The number of amides is 1. The number of fused-ring (bicyclic) bond motifs is 1. The molecule has 0 aromatic carbocycles. The molecule has 22 heavy (non-hydrogen) atoms. The van der Waals surface area contributed by atoms with E-state index in [1.807, 2.05) is 35.9 Å². The Balaban J connectivity index is 0.00000121. The molecule has 2 aromatic heterocycles. The summed E-state index contributed by atoms with van der Waals surface area (Å²) < 4.78 is 1.90. The maximum Gasteiger partial charge on any atom is 0.252 e. The summed E-state index contributed by atoms with van der Waals surface area (Å²) in [4.78, 5) is 16.5. The van der Waals surface area contributed by atoms with Gasteiger partial charge in [-0.25, -0.2) is 4.98 Å². The smallest absolute Gasteiger partial charge is 0.252 e. The van der Waals surface area contributed by atoms with Crippen LogP contribution in [0.4, 0.5) is 0 Å². The first-order valence-corrected chi connectivity index (χ1v) is 7.16. The van der Waals surface area contributed by atoms with Crippen molar-refractivity contribution in [2.75, 3.05) is 19.6 Å². The minimum Gasteiger partial charge on any atom is -0.352 e. The number of carbonyl (C=O) groups is 1. The normalized spacial score (nSPS) is 15.0. The van der Waals surface area contributed by atoms with Gasteiger partial charge in [-0.2, -0.15) is 0 Å². The van der Waals surface area contributed by atoms with E-state index in [0.717, 1.165) is 43.8 Å². The van der Waals surface area contributed by atoms with E-state index in [1.165, 1.54) is 0 Å². The minimum atomic E-state index is -0.00298. The van der Waals surface area contributed by atoms with Gasteiger partial charge in [-0.05, 0) is 50.9 Å². The molecule has 0 bridgehead atoms. The van der Waals surface area contributed by atoms with Crippen LogP contribution in [0.1, 0.15) is 28.9 Å². The zero-order valence-electron chi connectivity index (χ0n) is 12.5. The highest BCUT2D eigenvalue weighted by atomic mass is 35.5. The first-order chi connectivity index (χ1) is 9.72. The van der Waals surface area contributed by atoms with Crippen LogP contribution in [0.3, 0.4) is 0 Å². The SMILES string of the molecule is Cc1cn2cc(C(=O)NCC3CCNCC3)ccc2n1.Cl.Cl. The lowest BCUT2D eigenvalue weighted by Crippen LogP contribution is -2.36. The molecule has 0 spiro atoms. The van der Waals surface area contributed by atoms with Gasteiger partial charge in [0, 0.05) is 18.9 Å². The predicted molar refractivity (Wildman–Crippen MR) is 92.4 cm³/mol. The fourth-order valence-electron chi connectivity index (χ4n) is 2.68. The van der Waals surface area contributed by atoms with E-state index < -0.39 is 0 Å². The van der Waals surface area contributed by atoms with Gasteiger partial charge in [0.1, 0.15) is 5.65 Å². The molecular weight excluding hydrogens is 323 g/mol. The third kappa shape index (κ3) is 4.35. The minimum absolute atomic E-state index is 0. The van der Waals surface area contributed by atoms with Crippen molar-refractivity contribution >= 4 is 36.4 Å². The number of hydrogen-bond donors (Lipinski definition) is 2. The molecule has 1 saturated heterocycles. The highest BCUT2D eigenvalue weighted by Crippen LogP contribution is 2.11. The van der Waals surface area contributed by atoms with Crippen molar-refractivity contribution in [1.29, 1.82) is 0 Å². The van der Waals surface area contributed by atoms with E-state index >= 15 is 0 Å². The van der Waals surface area contributed by atoms with Crippen LogP contribution in [0.15, 0.2) is 24.5 Å². The lowest BCUT2D eigenvalue weighted by molar-refractivity contribution is 0.0944.